The molecule has 134 valence electrons. The molecule has 0 amide bonds. The zero-order chi connectivity index (χ0) is 16.5. The number of hydrogen-bond acceptors (Lipinski definition) is 4. The Hall–Kier alpha value is -0.160. The highest BCUT2D eigenvalue weighted by Gasteiger charge is 2.26. The second-order valence-corrected chi connectivity index (χ2v) is 6.23. The molecule has 0 heterocycles. The first-order chi connectivity index (χ1) is 10.7. The van der Waals surface area contributed by atoms with E-state index < -0.39 is 5.60 Å². The fraction of sp³-hybridized carbons (Fsp3) is 1.00. The standard InChI is InChI=1S/C18H38O4/c1-3-5-7-9-11-18(20,12-10-8-6-4-2)17-22-16-15-21-14-13-19/h19-20H,3-17H2,1-2H3. The second kappa shape index (κ2) is 15.7. The molecule has 0 fully saturated rings. The Morgan fingerprint density at radius 1 is 0.727 bits per heavy atom. The van der Waals surface area contributed by atoms with Gasteiger partial charge in [-0.25, -0.2) is 0 Å². The van der Waals surface area contributed by atoms with Crippen molar-refractivity contribution in [2.24, 2.45) is 0 Å². The lowest BCUT2D eigenvalue weighted by Gasteiger charge is -2.28. The summed E-state index contributed by atoms with van der Waals surface area (Å²) in [6.45, 7) is 6.14. The van der Waals surface area contributed by atoms with Crippen molar-refractivity contribution in [3.8, 4) is 0 Å². The lowest BCUT2D eigenvalue weighted by atomic mass is 9.90. The molecular formula is C18H38O4. The molecule has 0 unspecified atom stereocenters. The third-order valence-electron chi connectivity index (χ3n) is 3.97. The Bertz CT molecular complexity index is 209. The van der Waals surface area contributed by atoms with Crippen LogP contribution in [0.5, 0.6) is 0 Å². The van der Waals surface area contributed by atoms with Gasteiger partial charge in [0.25, 0.3) is 0 Å². The molecule has 0 aromatic heterocycles. The van der Waals surface area contributed by atoms with Crippen molar-refractivity contribution in [3.05, 3.63) is 0 Å². The molecule has 0 aromatic carbocycles. The average Bonchev–Trinajstić information content (AvgIpc) is 2.52. The minimum Gasteiger partial charge on any atom is -0.394 e. The van der Waals surface area contributed by atoms with Crippen LogP contribution in [0.15, 0.2) is 0 Å². The fourth-order valence-electron chi connectivity index (χ4n) is 2.58. The van der Waals surface area contributed by atoms with Crippen LogP contribution < -0.4 is 0 Å². The lowest BCUT2D eigenvalue weighted by Crippen LogP contribution is -2.35. The summed E-state index contributed by atoms with van der Waals surface area (Å²) in [4.78, 5) is 0. The van der Waals surface area contributed by atoms with E-state index in [1.807, 2.05) is 0 Å². The molecule has 0 aromatic rings. The molecule has 4 heteroatoms. The topological polar surface area (TPSA) is 58.9 Å². The molecule has 0 spiro atoms. The Morgan fingerprint density at radius 3 is 1.77 bits per heavy atom. The minimum absolute atomic E-state index is 0.0405. The summed E-state index contributed by atoms with van der Waals surface area (Å²) in [6.07, 6.45) is 11.1. The van der Waals surface area contributed by atoms with Crippen molar-refractivity contribution in [2.45, 2.75) is 83.7 Å². The van der Waals surface area contributed by atoms with Crippen LogP contribution in [0.25, 0.3) is 0 Å². The van der Waals surface area contributed by atoms with Crippen molar-refractivity contribution < 1.29 is 19.7 Å². The van der Waals surface area contributed by atoms with Gasteiger partial charge in [-0.3, -0.25) is 0 Å². The molecule has 0 bridgehead atoms. The molecule has 22 heavy (non-hydrogen) atoms. The Morgan fingerprint density at radius 2 is 1.27 bits per heavy atom. The summed E-state index contributed by atoms with van der Waals surface area (Å²) in [5.41, 5.74) is -0.682. The first kappa shape index (κ1) is 21.8. The van der Waals surface area contributed by atoms with Crippen LogP contribution in [0, 0.1) is 0 Å². The van der Waals surface area contributed by atoms with Gasteiger partial charge in [-0.15, -0.1) is 0 Å². The highest BCUT2D eigenvalue weighted by atomic mass is 16.5. The summed E-state index contributed by atoms with van der Waals surface area (Å²) >= 11 is 0. The van der Waals surface area contributed by atoms with Crippen molar-refractivity contribution >= 4 is 0 Å². The highest BCUT2D eigenvalue weighted by molar-refractivity contribution is 4.78. The van der Waals surface area contributed by atoms with Crippen LogP contribution in [0.4, 0.5) is 0 Å². The predicted octanol–water partition coefficient (Wildman–Crippen LogP) is 3.68. The van der Waals surface area contributed by atoms with E-state index >= 15 is 0 Å². The molecule has 0 aliphatic carbocycles. The quantitative estimate of drug-likeness (QED) is 0.402. The van der Waals surface area contributed by atoms with E-state index in [9.17, 15) is 5.11 Å². The number of aliphatic hydroxyl groups is 2. The molecular weight excluding hydrogens is 280 g/mol. The number of rotatable bonds is 17. The molecule has 0 saturated heterocycles. The molecule has 0 saturated carbocycles. The van der Waals surface area contributed by atoms with Crippen LogP contribution in [0.3, 0.4) is 0 Å². The van der Waals surface area contributed by atoms with Gasteiger partial charge in [0.15, 0.2) is 0 Å². The summed E-state index contributed by atoms with van der Waals surface area (Å²) in [7, 11) is 0. The van der Waals surface area contributed by atoms with Crippen LogP contribution in [0.1, 0.15) is 78.1 Å². The molecule has 2 N–H and O–H groups in total. The first-order valence-corrected chi connectivity index (χ1v) is 9.17. The number of hydrogen-bond donors (Lipinski definition) is 2. The summed E-state index contributed by atoms with van der Waals surface area (Å²) < 4.78 is 10.8. The maximum atomic E-state index is 10.8. The lowest BCUT2D eigenvalue weighted by molar-refractivity contribution is -0.0707. The van der Waals surface area contributed by atoms with E-state index in [1.165, 1.54) is 38.5 Å². The number of aliphatic hydroxyl groups excluding tert-OH is 1. The van der Waals surface area contributed by atoms with Gasteiger partial charge in [0.1, 0.15) is 0 Å². The van der Waals surface area contributed by atoms with E-state index in [2.05, 4.69) is 13.8 Å². The molecule has 4 nitrogen and oxygen atoms in total. The molecule has 0 aliphatic rings. The van der Waals surface area contributed by atoms with Crippen molar-refractivity contribution in [3.63, 3.8) is 0 Å². The third kappa shape index (κ3) is 13.5. The van der Waals surface area contributed by atoms with Crippen molar-refractivity contribution in [2.75, 3.05) is 33.0 Å². The van der Waals surface area contributed by atoms with Gasteiger partial charge in [-0.2, -0.15) is 0 Å². The van der Waals surface area contributed by atoms with Gasteiger partial charge in [0.05, 0.1) is 38.6 Å². The molecule has 0 aliphatic heterocycles. The smallest absolute Gasteiger partial charge is 0.0880 e. The van der Waals surface area contributed by atoms with E-state index in [0.29, 0.717) is 26.4 Å². The maximum Gasteiger partial charge on any atom is 0.0880 e. The molecule has 0 rings (SSSR count). The van der Waals surface area contributed by atoms with Gasteiger partial charge in [-0.05, 0) is 12.8 Å². The van der Waals surface area contributed by atoms with Gasteiger partial charge in [0, 0.05) is 0 Å². The van der Waals surface area contributed by atoms with Crippen LogP contribution in [-0.4, -0.2) is 48.8 Å². The van der Waals surface area contributed by atoms with Gasteiger partial charge >= 0.3 is 0 Å². The van der Waals surface area contributed by atoms with E-state index in [-0.39, 0.29) is 6.61 Å². The first-order valence-electron chi connectivity index (χ1n) is 9.17. The summed E-state index contributed by atoms with van der Waals surface area (Å²) in [6, 6.07) is 0. The van der Waals surface area contributed by atoms with Crippen LogP contribution >= 0.6 is 0 Å². The van der Waals surface area contributed by atoms with Gasteiger partial charge in [-0.1, -0.05) is 65.2 Å². The van der Waals surface area contributed by atoms with Crippen LogP contribution in [0.2, 0.25) is 0 Å². The van der Waals surface area contributed by atoms with Gasteiger partial charge in [0.2, 0.25) is 0 Å². The number of unbranched alkanes of at least 4 members (excludes halogenated alkanes) is 6. The Kier molecular flexibility index (Phi) is 15.6. The number of ether oxygens (including phenoxy) is 2. The maximum absolute atomic E-state index is 10.8. The normalized spacial score (nSPS) is 12.0. The zero-order valence-corrected chi connectivity index (χ0v) is 14.8. The van der Waals surface area contributed by atoms with E-state index in [4.69, 9.17) is 14.6 Å². The predicted molar refractivity (Wildman–Crippen MR) is 91.2 cm³/mol. The zero-order valence-electron chi connectivity index (χ0n) is 14.8. The SMILES string of the molecule is CCCCCCC(O)(CCCCCC)COCCOCCO. The van der Waals surface area contributed by atoms with E-state index in [0.717, 1.165) is 25.7 Å². The minimum atomic E-state index is -0.682. The van der Waals surface area contributed by atoms with E-state index in [1.54, 1.807) is 0 Å². The van der Waals surface area contributed by atoms with Crippen LogP contribution in [-0.2, 0) is 9.47 Å². The molecule has 0 atom stereocenters. The summed E-state index contributed by atoms with van der Waals surface area (Å²) in [5, 5.41) is 19.4. The Labute approximate surface area is 137 Å². The fourth-order valence-corrected chi connectivity index (χ4v) is 2.58. The second-order valence-electron chi connectivity index (χ2n) is 6.23. The monoisotopic (exact) mass is 318 g/mol. The Balaban J connectivity index is 3.96. The average molecular weight is 318 g/mol. The summed E-state index contributed by atoms with van der Waals surface area (Å²) in [5.74, 6) is 0. The third-order valence-corrected chi connectivity index (χ3v) is 3.97. The molecule has 0 radical (unpaired) electrons. The largest absolute Gasteiger partial charge is 0.394 e. The van der Waals surface area contributed by atoms with Crippen molar-refractivity contribution in [1.82, 2.24) is 0 Å². The van der Waals surface area contributed by atoms with Gasteiger partial charge < -0.3 is 19.7 Å². The van der Waals surface area contributed by atoms with Crippen molar-refractivity contribution in [1.29, 1.82) is 0 Å². The highest BCUT2D eigenvalue weighted by Crippen LogP contribution is 2.23.